The zero-order valence-corrected chi connectivity index (χ0v) is 14.5. The lowest BCUT2D eigenvalue weighted by Gasteiger charge is -2.14. The van der Waals surface area contributed by atoms with Crippen LogP contribution in [-0.2, 0) is 19.4 Å². The van der Waals surface area contributed by atoms with E-state index in [-0.39, 0.29) is 11.7 Å². The van der Waals surface area contributed by atoms with Gasteiger partial charge < -0.3 is 11.1 Å². The molecule has 0 spiro atoms. The molecule has 3 N–H and O–H groups in total. The minimum atomic E-state index is -0.293. The van der Waals surface area contributed by atoms with Crippen LogP contribution < -0.4 is 11.1 Å². The summed E-state index contributed by atoms with van der Waals surface area (Å²) in [5, 5.41) is 3.72. The van der Waals surface area contributed by atoms with Crippen LogP contribution in [0.5, 0.6) is 0 Å². The summed E-state index contributed by atoms with van der Waals surface area (Å²) < 4.78 is 12.9. The van der Waals surface area contributed by atoms with Crippen LogP contribution >= 0.6 is 11.3 Å². The molecule has 2 aromatic heterocycles. The number of nitrogen functional groups attached to an aromatic ring is 1. The fourth-order valence-electron chi connectivity index (χ4n) is 3.19. The van der Waals surface area contributed by atoms with Gasteiger partial charge in [-0.3, -0.25) is 4.79 Å². The molecule has 4 rings (SSSR count). The van der Waals surface area contributed by atoms with Crippen molar-refractivity contribution in [3.05, 3.63) is 57.8 Å². The minimum Gasteiger partial charge on any atom is -0.397 e. The highest BCUT2D eigenvalue weighted by Gasteiger charge is 2.20. The van der Waals surface area contributed by atoms with Crippen molar-refractivity contribution in [2.24, 2.45) is 0 Å². The number of fused-ring (bicyclic) bond motifs is 2. The van der Waals surface area contributed by atoms with Gasteiger partial charge in [0.15, 0.2) is 0 Å². The average Bonchev–Trinajstić information content (AvgIpc) is 2.95. The van der Waals surface area contributed by atoms with Crippen molar-refractivity contribution in [3.63, 3.8) is 0 Å². The Labute approximate surface area is 148 Å². The summed E-state index contributed by atoms with van der Waals surface area (Å²) >= 11 is 1.33. The van der Waals surface area contributed by atoms with Gasteiger partial charge in [0.2, 0.25) is 0 Å². The summed E-state index contributed by atoms with van der Waals surface area (Å²) in [4.78, 5) is 18.6. The van der Waals surface area contributed by atoms with E-state index in [1.165, 1.54) is 35.5 Å². The lowest BCUT2D eigenvalue weighted by Crippen LogP contribution is -2.22. The molecule has 25 heavy (non-hydrogen) atoms. The fourth-order valence-corrected chi connectivity index (χ4v) is 4.21. The molecule has 0 saturated carbocycles. The molecule has 6 heteroatoms. The third-order valence-corrected chi connectivity index (χ3v) is 5.69. The number of halogens is 1. The summed E-state index contributed by atoms with van der Waals surface area (Å²) in [7, 11) is 0. The number of hydrogen-bond acceptors (Lipinski definition) is 4. The number of carbonyl (C=O) groups is 1. The first-order valence-corrected chi connectivity index (χ1v) is 9.17. The SMILES string of the molecule is Nc1c(C(=O)NCc2ccc(F)cc2)sc2nc3c(cc12)CCCC3. The van der Waals surface area contributed by atoms with Gasteiger partial charge in [-0.15, -0.1) is 11.3 Å². The van der Waals surface area contributed by atoms with E-state index in [1.54, 1.807) is 12.1 Å². The Morgan fingerprint density at radius 1 is 1.24 bits per heavy atom. The van der Waals surface area contributed by atoms with E-state index in [1.807, 2.05) is 0 Å². The van der Waals surface area contributed by atoms with Gasteiger partial charge in [-0.1, -0.05) is 12.1 Å². The van der Waals surface area contributed by atoms with Gasteiger partial charge in [0.05, 0.1) is 5.69 Å². The highest BCUT2D eigenvalue weighted by Crippen LogP contribution is 2.35. The summed E-state index contributed by atoms with van der Waals surface area (Å²) in [6.07, 6.45) is 4.36. The van der Waals surface area contributed by atoms with Crippen LogP contribution in [0.4, 0.5) is 10.1 Å². The molecular weight excluding hydrogens is 337 g/mol. The summed E-state index contributed by atoms with van der Waals surface area (Å²) in [6, 6.07) is 8.16. The molecule has 0 atom stereocenters. The zero-order chi connectivity index (χ0) is 17.4. The van der Waals surface area contributed by atoms with Gasteiger partial charge in [-0.25, -0.2) is 9.37 Å². The Morgan fingerprint density at radius 3 is 2.80 bits per heavy atom. The number of rotatable bonds is 3. The van der Waals surface area contributed by atoms with Crippen LogP contribution in [-0.4, -0.2) is 10.9 Å². The molecule has 0 unspecified atom stereocenters. The van der Waals surface area contributed by atoms with E-state index < -0.39 is 0 Å². The maximum absolute atomic E-state index is 12.9. The number of thiophene rings is 1. The maximum Gasteiger partial charge on any atom is 0.263 e. The second-order valence-corrected chi connectivity index (χ2v) is 7.31. The smallest absolute Gasteiger partial charge is 0.263 e. The first-order valence-electron chi connectivity index (χ1n) is 8.35. The molecule has 128 valence electrons. The number of anilines is 1. The van der Waals surface area contributed by atoms with Crippen molar-refractivity contribution in [1.29, 1.82) is 0 Å². The molecule has 0 saturated heterocycles. The summed E-state index contributed by atoms with van der Waals surface area (Å²) in [6.45, 7) is 0.330. The molecule has 1 aliphatic carbocycles. The maximum atomic E-state index is 12.9. The first kappa shape index (κ1) is 16.0. The first-order chi connectivity index (χ1) is 12.1. The van der Waals surface area contributed by atoms with Crippen molar-refractivity contribution < 1.29 is 9.18 Å². The Hall–Kier alpha value is -2.47. The second-order valence-electron chi connectivity index (χ2n) is 6.31. The number of amides is 1. The molecule has 0 aliphatic heterocycles. The van der Waals surface area contributed by atoms with Gasteiger partial charge in [-0.2, -0.15) is 0 Å². The largest absolute Gasteiger partial charge is 0.397 e. The van der Waals surface area contributed by atoms with Crippen LogP contribution in [0, 0.1) is 5.82 Å². The van der Waals surface area contributed by atoms with Crippen molar-refractivity contribution >= 4 is 33.1 Å². The van der Waals surface area contributed by atoms with Crippen molar-refractivity contribution in [2.45, 2.75) is 32.2 Å². The van der Waals surface area contributed by atoms with E-state index in [0.717, 1.165) is 40.7 Å². The number of nitrogens with two attached hydrogens (primary N) is 1. The fraction of sp³-hybridized carbons (Fsp3) is 0.263. The third kappa shape index (κ3) is 3.09. The van der Waals surface area contributed by atoms with E-state index >= 15 is 0 Å². The average molecular weight is 355 g/mol. The predicted octanol–water partition coefficient (Wildman–Crippen LogP) is 3.83. The van der Waals surface area contributed by atoms with Gasteiger partial charge in [0.1, 0.15) is 15.5 Å². The Balaban J connectivity index is 1.58. The van der Waals surface area contributed by atoms with E-state index in [0.29, 0.717) is 17.1 Å². The third-order valence-electron chi connectivity index (χ3n) is 4.57. The molecule has 1 aliphatic rings. The molecular formula is C19H18FN3OS. The molecule has 2 heterocycles. The van der Waals surface area contributed by atoms with E-state index in [4.69, 9.17) is 10.7 Å². The van der Waals surface area contributed by atoms with Gasteiger partial charge in [-0.05, 0) is 55.0 Å². The van der Waals surface area contributed by atoms with Gasteiger partial charge in [0, 0.05) is 17.6 Å². The Kier molecular flexibility index (Phi) is 4.13. The van der Waals surface area contributed by atoms with Crippen molar-refractivity contribution in [3.8, 4) is 0 Å². The van der Waals surface area contributed by atoms with Gasteiger partial charge in [0.25, 0.3) is 5.91 Å². The molecule has 1 aromatic carbocycles. The predicted molar refractivity (Wildman–Crippen MR) is 98.2 cm³/mol. The van der Waals surface area contributed by atoms with Gasteiger partial charge >= 0.3 is 0 Å². The number of carbonyl (C=O) groups excluding carboxylic acids is 1. The molecule has 1 amide bonds. The number of aryl methyl sites for hydroxylation is 2. The van der Waals surface area contributed by atoms with E-state index in [9.17, 15) is 9.18 Å². The lowest BCUT2D eigenvalue weighted by atomic mass is 9.95. The highest BCUT2D eigenvalue weighted by molar-refractivity contribution is 7.21. The molecule has 0 fully saturated rings. The van der Waals surface area contributed by atoms with Crippen LogP contribution in [0.3, 0.4) is 0 Å². The standard InChI is InChI=1S/C19H18FN3OS/c20-13-7-5-11(6-8-13)10-22-18(24)17-16(21)14-9-12-3-1-2-4-15(12)23-19(14)25-17/h5-9H,1-4,10,21H2,(H,22,24). The Morgan fingerprint density at radius 2 is 2.00 bits per heavy atom. The summed E-state index contributed by atoms with van der Waals surface area (Å²) in [5.74, 6) is -0.512. The number of aromatic nitrogens is 1. The van der Waals surface area contributed by atoms with Crippen LogP contribution in [0.1, 0.15) is 39.3 Å². The lowest BCUT2D eigenvalue weighted by molar-refractivity contribution is 0.0956. The number of nitrogens with zero attached hydrogens (tertiary/aromatic N) is 1. The molecule has 0 bridgehead atoms. The molecule has 0 radical (unpaired) electrons. The highest BCUT2D eigenvalue weighted by atomic mass is 32.1. The van der Waals surface area contributed by atoms with Crippen LogP contribution in [0.25, 0.3) is 10.2 Å². The molecule has 3 aromatic rings. The van der Waals surface area contributed by atoms with Crippen LogP contribution in [0.2, 0.25) is 0 Å². The number of pyridine rings is 1. The molecule has 4 nitrogen and oxygen atoms in total. The second kappa shape index (κ2) is 6.44. The number of nitrogens with one attached hydrogen (secondary N) is 1. The van der Waals surface area contributed by atoms with Crippen LogP contribution in [0.15, 0.2) is 30.3 Å². The van der Waals surface area contributed by atoms with Crippen molar-refractivity contribution in [1.82, 2.24) is 10.3 Å². The minimum absolute atomic E-state index is 0.220. The number of hydrogen-bond donors (Lipinski definition) is 2. The Bertz CT molecular complexity index is 949. The zero-order valence-electron chi connectivity index (χ0n) is 13.6. The number of benzene rings is 1. The summed E-state index contributed by atoms with van der Waals surface area (Å²) in [5.41, 5.74) is 9.94. The van der Waals surface area contributed by atoms with Crippen molar-refractivity contribution in [2.75, 3.05) is 5.73 Å². The van der Waals surface area contributed by atoms with E-state index in [2.05, 4.69) is 11.4 Å². The normalized spacial score (nSPS) is 13.6. The monoisotopic (exact) mass is 355 g/mol. The topological polar surface area (TPSA) is 68.0 Å². The quantitative estimate of drug-likeness (QED) is 0.750.